The van der Waals surface area contributed by atoms with Crippen molar-refractivity contribution in [2.24, 2.45) is 0 Å². The molecule has 1 aliphatic heterocycles. The molecule has 1 heterocycles. The van der Waals surface area contributed by atoms with Crippen LogP contribution in [0.25, 0.3) is 0 Å². The minimum absolute atomic E-state index is 0.117. The number of carboxylic acids is 1. The Morgan fingerprint density at radius 3 is 2.24 bits per heavy atom. The lowest BCUT2D eigenvalue weighted by Gasteiger charge is -2.23. The lowest BCUT2D eigenvalue weighted by Crippen LogP contribution is -2.38. The lowest BCUT2D eigenvalue weighted by molar-refractivity contribution is -0.152. The van der Waals surface area contributed by atoms with Gasteiger partial charge in [0.15, 0.2) is 17.1 Å². The molecular weight excluding hydrogens is 445 g/mol. The maximum Gasteiger partial charge on any atom is 0.416 e. The molecule has 0 aromatic heterocycles. The van der Waals surface area contributed by atoms with Gasteiger partial charge in [-0.15, -0.1) is 0 Å². The van der Waals surface area contributed by atoms with Crippen molar-refractivity contribution < 1.29 is 42.1 Å². The van der Waals surface area contributed by atoms with Gasteiger partial charge >= 0.3 is 18.2 Å². The van der Waals surface area contributed by atoms with Gasteiger partial charge < -0.3 is 14.6 Å². The first kappa shape index (κ1) is 23.9. The van der Waals surface area contributed by atoms with Crippen LogP contribution in [-0.4, -0.2) is 47.2 Å². The molecule has 0 spiro atoms. The van der Waals surface area contributed by atoms with E-state index in [1.807, 2.05) is 0 Å². The van der Waals surface area contributed by atoms with Crippen LogP contribution in [0.5, 0.6) is 11.5 Å². The number of carbonyl (C=O) groups excluding carboxylic acids is 2. The monoisotopic (exact) mass is 466 g/mol. The summed E-state index contributed by atoms with van der Waals surface area (Å²) in [4.78, 5) is 38.6. The average molecular weight is 466 g/mol. The maximum atomic E-state index is 12.8. The maximum absolute atomic E-state index is 12.8. The minimum Gasteiger partial charge on any atom is -0.493 e. The summed E-state index contributed by atoms with van der Waals surface area (Å²) in [5.74, 6) is -1.32. The largest absolute Gasteiger partial charge is 0.493 e. The number of alkyl halides is 3. The highest BCUT2D eigenvalue weighted by atomic mass is 19.4. The summed E-state index contributed by atoms with van der Waals surface area (Å²) in [6.45, 7) is 2.32. The number of carboxylic acid groups (broad SMARTS) is 1. The van der Waals surface area contributed by atoms with E-state index in [1.165, 1.54) is 33.1 Å². The fourth-order valence-electron chi connectivity index (χ4n) is 3.12. The number of rotatable bonds is 7. The Morgan fingerprint density at radius 1 is 1.06 bits per heavy atom. The normalized spacial score (nSPS) is 14.6. The smallest absolute Gasteiger partial charge is 0.416 e. The quantitative estimate of drug-likeness (QED) is 0.622. The van der Waals surface area contributed by atoms with Crippen LogP contribution in [0.1, 0.15) is 25.0 Å². The van der Waals surface area contributed by atoms with Crippen LogP contribution >= 0.6 is 0 Å². The molecule has 1 fully saturated rings. The summed E-state index contributed by atoms with van der Waals surface area (Å²) in [5.41, 5.74) is -1.70. The van der Waals surface area contributed by atoms with Gasteiger partial charge in [-0.25, -0.2) is 9.59 Å². The standard InChI is InChI=1S/C22H21F3N2O6/c1-21(2,19(29)30)33-16-9-4-13(10-17(16)32-3)11-27-18(28)12-26(20(27)31)15-7-5-14(6-8-15)22(23,24)25/h4-10H,11-12H2,1-3H3,(H,29,30). The zero-order valence-electron chi connectivity index (χ0n) is 18.0. The van der Waals surface area contributed by atoms with Crippen LogP contribution in [-0.2, 0) is 22.3 Å². The number of carbonyl (C=O) groups is 3. The second kappa shape index (κ2) is 8.64. The van der Waals surface area contributed by atoms with E-state index in [9.17, 15) is 32.7 Å². The topological polar surface area (TPSA) is 96.4 Å². The zero-order chi connectivity index (χ0) is 24.6. The third kappa shape index (κ3) is 5.02. The summed E-state index contributed by atoms with van der Waals surface area (Å²) in [5, 5.41) is 9.23. The number of aliphatic carboxylic acids is 1. The first-order valence-electron chi connectivity index (χ1n) is 9.72. The highest BCUT2D eigenvalue weighted by molar-refractivity contribution is 6.12. The van der Waals surface area contributed by atoms with Crippen LogP contribution < -0.4 is 14.4 Å². The fraction of sp³-hybridized carbons (Fsp3) is 0.318. The van der Waals surface area contributed by atoms with E-state index in [0.717, 1.165) is 34.1 Å². The van der Waals surface area contributed by atoms with Gasteiger partial charge in [-0.2, -0.15) is 13.2 Å². The first-order chi connectivity index (χ1) is 15.3. The molecule has 0 bridgehead atoms. The summed E-state index contributed by atoms with van der Waals surface area (Å²) >= 11 is 0. The van der Waals surface area contributed by atoms with Crippen LogP contribution in [0, 0.1) is 0 Å². The Hall–Kier alpha value is -3.76. The van der Waals surface area contributed by atoms with Gasteiger partial charge in [0, 0.05) is 5.69 Å². The Morgan fingerprint density at radius 2 is 1.70 bits per heavy atom. The molecule has 2 aromatic rings. The number of urea groups is 1. The third-order valence-electron chi connectivity index (χ3n) is 5.01. The molecule has 8 nitrogen and oxygen atoms in total. The molecule has 0 unspecified atom stereocenters. The minimum atomic E-state index is -4.51. The summed E-state index contributed by atoms with van der Waals surface area (Å²) in [7, 11) is 1.36. The summed E-state index contributed by atoms with van der Waals surface area (Å²) in [6.07, 6.45) is -4.51. The van der Waals surface area contributed by atoms with E-state index in [1.54, 1.807) is 6.07 Å². The number of nitrogens with zero attached hydrogens (tertiary/aromatic N) is 2. The van der Waals surface area contributed by atoms with Gasteiger partial charge in [0.05, 0.1) is 19.2 Å². The van der Waals surface area contributed by atoms with E-state index in [-0.39, 0.29) is 30.3 Å². The molecule has 33 heavy (non-hydrogen) atoms. The summed E-state index contributed by atoms with van der Waals surface area (Å²) < 4.78 is 49.1. The Kier molecular flexibility index (Phi) is 6.26. The number of imide groups is 1. The Labute approximate surface area is 187 Å². The van der Waals surface area contributed by atoms with Gasteiger partial charge in [-0.05, 0) is 55.8 Å². The van der Waals surface area contributed by atoms with E-state index >= 15 is 0 Å². The van der Waals surface area contributed by atoms with Crippen LogP contribution in [0.3, 0.4) is 0 Å². The molecule has 1 saturated heterocycles. The summed E-state index contributed by atoms with van der Waals surface area (Å²) in [6, 6.07) is 7.82. The molecule has 3 rings (SSSR count). The number of anilines is 1. The van der Waals surface area contributed by atoms with Crippen molar-refractivity contribution in [3.8, 4) is 11.5 Å². The van der Waals surface area contributed by atoms with E-state index < -0.39 is 35.2 Å². The van der Waals surface area contributed by atoms with Gasteiger partial charge in [-0.3, -0.25) is 14.6 Å². The molecule has 1 N–H and O–H groups in total. The Bertz CT molecular complexity index is 1080. The van der Waals surface area contributed by atoms with Gasteiger partial charge in [0.25, 0.3) is 5.91 Å². The number of halogens is 3. The highest BCUT2D eigenvalue weighted by Crippen LogP contribution is 2.33. The molecule has 2 aromatic carbocycles. The SMILES string of the molecule is COc1cc(CN2C(=O)CN(c3ccc(C(F)(F)F)cc3)C2=O)ccc1OC(C)(C)C(=O)O. The van der Waals surface area contributed by atoms with Crippen LogP contribution in [0.2, 0.25) is 0 Å². The van der Waals surface area contributed by atoms with Crippen molar-refractivity contribution in [3.63, 3.8) is 0 Å². The first-order valence-corrected chi connectivity index (χ1v) is 9.72. The van der Waals surface area contributed by atoms with Crippen LogP contribution in [0.4, 0.5) is 23.7 Å². The Balaban J connectivity index is 1.77. The molecular formula is C22H21F3N2O6. The van der Waals surface area contributed by atoms with Gasteiger partial charge in [0.1, 0.15) is 6.54 Å². The molecule has 11 heteroatoms. The number of hydrogen-bond acceptors (Lipinski definition) is 5. The number of ether oxygens (including phenoxy) is 2. The molecule has 3 amide bonds. The van der Waals surface area contributed by atoms with Crippen LogP contribution in [0.15, 0.2) is 42.5 Å². The second-order valence-corrected chi connectivity index (χ2v) is 7.80. The lowest BCUT2D eigenvalue weighted by atomic mass is 10.1. The molecule has 0 saturated carbocycles. The van der Waals surface area contributed by atoms with E-state index in [2.05, 4.69) is 0 Å². The van der Waals surface area contributed by atoms with Gasteiger partial charge in [0.2, 0.25) is 0 Å². The predicted molar refractivity (Wildman–Crippen MR) is 110 cm³/mol. The molecule has 176 valence electrons. The number of methoxy groups -OCH3 is 1. The van der Waals surface area contributed by atoms with Crippen molar-refractivity contribution in [2.75, 3.05) is 18.6 Å². The molecule has 0 atom stereocenters. The second-order valence-electron chi connectivity index (χ2n) is 7.80. The highest BCUT2D eigenvalue weighted by Gasteiger charge is 2.38. The van der Waals surface area contributed by atoms with Crippen molar-refractivity contribution in [1.82, 2.24) is 4.90 Å². The molecule has 0 radical (unpaired) electrons. The number of benzene rings is 2. The fourth-order valence-corrected chi connectivity index (χ4v) is 3.12. The van der Waals surface area contributed by atoms with Crippen molar-refractivity contribution in [3.05, 3.63) is 53.6 Å². The average Bonchev–Trinajstić information content (AvgIpc) is 3.02. The van der Waals surface area contributed by atoms with Crippen molar-refractivity contribution >= 4 is 23.6 Å². The van der Waals surface area contributed by atoms with Gasteiger partial charge in [-0.1, -0.05) is 6.07 Å². The van der Waals surface area contributed by atoms with E-state index in [0.29, 0.717) is 5.56 Å². The van der Waals surface area contributed by atoms with E-state index in [4.69, 9.17) is 9.47 Å². The third-order valence-corrected chi connectivity index (χ3v) is 5.01. The molecule has 0 aliphatic carbocycles. The zero-order valence-corrected chi connectivity index (χ0v) is 18.0. The number of hydrogen-bond donors (Lipinski definition) is 1. The van der Waals surface area contributed by atoms with Crippen molar-refractivity contribution in [1.29, 1.82) is 0 Å². The molecule has 1 aliphatic rings. The number of amides is 3. The predicted octanol–water partition coefficient (Wildman–Crippen LogP) is 3.92. The van der Waals surface area contributed by atoms with Crippen molar-refractivity contribution in [2.45, 2.75) is 32.2 Å².